The van der Waals surface area contributed by atoms with Crippen molar-refractivity contribution < 1.29 is 17.9 Å². The number of hydrogen-bond acceptors (Lipinski definition) is 4. The van der Waals surface area contributed by atoms with Gasteiger partial charge in [0.05, 0.1) is 41.6 Å². The highest BCUT2D eigenvalue weighted by molar-refractivity contribution is 5.59. The molecule has 1 aliphatic heterocycles. The van der Waals surface area contributed by atoms with Gasteiger partial charge in [0.1, 0.15) is 17.8 Å². The summed E-state index contributed by atoms with van der Waals surface area (Å²) < 4.78 is 47.3. The van der Waals surface area contributed by atoms with Gasteiger partial charge in [0, 0.05) is 18.1 Å². The Hall–Kier alpha value is -4.06. The van der Waals surface area contributed by atoms with Gasteiger partial charge in [0.25, 0.3) is 0 Å². The Labute approximate surface area is 174 Å². The minimum Gasteiger partial charge on any atom is -0.497 e. The molecular weight excluding hydrogens is 407 g/mol. The largest absolute Gasteiger partial charge is 0.497 e. The summed E-state index contributed by atoms with van der Waals surface area (Å²) in [6, 6.07) is 10.4. The minimum absolute atomic E-state index is 0.472. The van der Waals surface area contributed by atoms with Crippen LogP contribution in [-0.2, 0) is 12.6 Å². The molecule has 0 spiro atoms. The summed E-state index contributed by atoms with van der Waals surface area (Å²) in [4.78, 5) is 4.44. The summed E-state index contributed by atoms with van der Waals surface area (Å²) in [5.74, 6) is 6.58. The van der Waals surface area contributed by atoms with E-state index in [0.717, 1.165) is 34.9 Å². The first kappa shape index (κ1) is 18.9. The van der Waals surface area contributed by atoms with E-state index >= 15 is 0 Å². The van der Waals surface area contributed by atoms with Crippen LogP contribution in [0.4, 0.5) is 13.2 Å². The SMILES string of the molecule is COc1ccc2c(c1)-n1nncc1Cc1c(C#Cc3ccc(C(F)(F)F)cc3)ncn1-2. The molecule has 0 fully saturated rings. The number of benzene rings is 2. The molecule has 0 saturated heterocycles. The zero-order chi connectivity index (χ0) is 21.6. The second kappa shape index (κ2) is 7.02. The van der Waals surface area contributed by atoms with Gasteiger partial charge in [0.2, 0.25) is 0 Å². The molecule has 6 nitrogen and oxygen atoms in total. The molecule has 9 heteroatoms. The smallest absolute Gasteiger partial charge is 0.416 e. The second-order valence-electron chi connectivity index (χ2n) is 6.90. The van der Waals surface area contributed by atoms with E-state index in [1.165, 1.54) is 12.1 Å². The normalized spacial score (nSPS) is 12.1. The van der Waals surface area contributed by atoms with Gasteiger partial charge in [0.15, 0.2) is 0 Å². The van der Waals surface area contributed by atoms with Crippen molar-refractivity contribution in [2.75, 3.05) is 7.11 Å². The van der Waals surface area contributed by atoms with E-state index in [-0.39, 0.29) is 0 Å². The highest BCUT2D eigenvalue weighted by Gasteiger charge is 2.30. The molecule has 154 valence electrons. The first-order chi connectivity index (χ1) is 14.9. The molecule has 0 amide bonds. The second-order valence-corrected chi connectivity index (χ2v) is 6.90. The van der Waals surface area contributed by atoms with Crippen molar-refractivity contribution in [3.8, 4) is 29.0 Å². The molecule has 0 unspecified atom stereocenters. The Kier molecular flexibility index (Phi) is 4.29. The summed E-state index contributed by atoms with van der Waals surface area (Å²) >= 11 is 0. The van der Waals surface area contributed by atoms with Gasteiger partial charge < -0.3 is 4.74 Å². The molecule has 0 bridgehead atoms. The molecule has 0 aliphatic carbocycles. The third-order valence-electron chi connectivity index (χ3n) is 5.04. The van der Waals surface area contributed by atoms with Gasteiger partial charge in [-0.05, 0) is 42.3 Å². The van der Waals surface area contributed by atoms with Crippen LogP contribution in [0.3, 0.4) is 0 Å². The number of aromatic nitrogens is 5. The van der Waals surface area contributed by atoms with Crippen LogP contribution in [0.5, 0.6) is 5.75 Å². The van der Waals surface area contributed by atoms with Crippen LogP contribution in [0.15, 0.2) is 55.0 Å². The van der Waals surface area contributed by atoms with E-state index < -0.39 is 11.7 Å². The summed E-state index contributed by atoms with van der Waals surface area (Å²) in [7, 11) is 1.60. The quantitative estimate of drug-likeness (QED) is 0.387. The molecule has 31 heavy (non-hydrogen) atoms. The van der Waals surface area contributed by atoms with Crippen molar-refractivity contribution in [2.24, 2.45) is 0 Å². The molecule has 3 heterocycles. The van der Waals surface area contributed by atoms with Crippen molar-refractivity contribution in [1.82, 2.24) is 24.5 Å². The third-order valence-corrected chi connectivity index (χ3v) is 5.04. The minimum atomic E-state index is -4.37. The molecule has 1 aliphatic rings. The zero-order valence-corrected chi connectivity index (χ0v) is 16.2. The molecule has 4 aromatic rings. The number of methoxy groups -OCH3 is 1. The number of imidazole rings is 1. The number of hydrogen-bond donors (Lipinski definition) is 0. The Balaban J connectivity index is 1.57. The molecule has 5 rings (SSSR count). The maximum Gasteiger partial charge on any atom is 0.416 e. The highest BCUT2D eigenvalue weighted by atomic mass is 19.4. The van der Waals surface area contributed by atoms with Crippen LogP contribution in [0, 0.1) is 11.8 Å². The number of nitrogens with zero attached hydrogens (tertiary/aromatic N) is 5. The first-order valence-corrected chi connectivity index (χ1v) is 9.28. The van der Waals surface area contributed by atoms with Crippen LogP contribution in [0.2, 0.25) is 0 Å². The lowest BCUT2D eigenvalue weighted by Gasteiger charge is -2.11. The molecule has 0 saturated carbocycles. The lowest BCUT2D eigenvalue weighted by Crippen LogP contribution is -2.04. The topological polar surface area (TPSA) is 57.8 Å². The van der Waals surface area contributed by atoms with Crippen molar-refractivity contribution in [2.45, 2.75) is 12.6 Å². The van der Waals surface area contributed by atoms with Crippen molar-refractivity contribution in [3.63, 3.8) is 0 Å². The van der Waals surface area contributed by atoms with Gasteiger partial charge in [-0.15, -0.1) is 5.10 Å². The van der Waals surface area contributed by atoms with Crippen molar-refractivity contribution in [3.05, 3.63) is 83.2 Å². The van der Waals surface area contributed by atoms with Gasteiger partial charge in [-0.3, -0.25) is 4.57 Å². The van der Waals surface area contributed by atoms with Gasteiger partial charge in [-0.2, -0.15) is 13.2 Å². The number of ether oxygens (including phenoxy) is 1. The predicted molar refractivity (Wildman–Crippen MR) is 105 cm³/mol. The maximum atomic E-state index is 12.8. The monoisotopic (exact) mass is 421 g/mol. The predicted octanol–water partition coefficient (Wildman–Crippen LogP) is 3.78. The van der Waals surface area contributed by atoms with Gasteiger partial charge >= 0.3 is 6.18 Å². The number of alkyl halides is 3. The number of halogens is 3. The fourth-order valence-corrected chi connectivity index (χ4v) is 3.48. The molecule has 2 aromatic carbocycles. The van der Waals surface area contributed by atoms with Crippen LogP contribution >= 0.6 is 0 Å². The average molecular weight is 421 g/mol. The maximum absolute atomic E-state index is 12.8. The van der Waals surface area contributed by atoms with Gasteiger partial charge in [-0.1, -0.05) is 11.1 Å². The Bertz CT molecular complexity index is 1340. The van der Waals surface area contributed by atoms with Gasteiger partial charge in [-0.25, -0.2) is 9.67 Å². The summed E-state index contributed by atoms with van der Waals surface area (Å²) in [5.41, 5.74) is 3.64. The van der Waals surface area contributed by atoms with E-state index in [1.807, 2.05) is 22.8 Å². The van der Waals surface area contributed by atoms with Crippen LogP contribution < -0.4 is 4.74 Å². The van der Waals surface area contributed by atoms with Crippen molar-refractivity contribution >= 4 is 0 Å². The van der Waals surface area contributed by atoms with E-state index in [1.54, 1.807) is 24.3 Å². The highest BCUT2D eigenvalue weighted by Crippen LogP contribution is 2.31. The Morgan fingerprint density at radius 3 is 2.58 bits per heavy atom. The molecule has 0 atom stereocenters. The summed E-state index contributed by atoms with van der Waals surface area (Å²) in [6.07, 6.45) is -0.530. The Morgan fingerprint density at radius 1 is 1.03 bits per heavy atom. The molecular formula is C22H14F3N5O. The van der Waals surface area contributed by atoms with E-state index in [0.29, 0.717) is 23.4 Å². The van der Waals surface area contributed by atoms with Crippen LogP contribution in [0.1, 0.15) is 28.2 Å². The lowest BCUT2D eigenvalue weighted by atomic mass is 10.1. The fourth-order valence-electron chi connectivity index (χ4n) is 3.48. The standard InChI is InChI=1S/C22H14F3N5O/c1-31-17-7-9-19-21(11-17)30-16(12-27-28-30)10-20-18(26-13-29(19)20)8-4-14-2-5-15(6-3-14)22(23,24)25/h2-3,5-7,9,11-13H,10H2,1H3. The number of fused-ring (bicyclic) bond motifs is 5. The molecule has 0 N–H and O–H groups in total. The third kappa shape index (κ3) is 3.32. The number of rotatable bonds is 1. The summed E-state index contributed by atoms with van der Waals surface area (Å²) in [5, 5.41) is 8.22. The first-order valence-electron chi connectivity index (χ1n) is 9.28. The Morgan fingerprint density at radius 2 is 1.84 bits per heavy atom. The summed E-state index contributed by atoms with van der Waals surface area (Å²) in [6.45, 7) is 0. The van der Waals surface area contributed by atoms with Crippen LogP contribution in [0.25, 0.3) is 11.4 Å². The van der Waals surface area contributed by atoms with Crippen molar-refractivity contribution in [1.29, 1.82) is 0 Å². The van der Waals surface area contributed by atoms with E-state index in [4.69, 9.17) is 4.74 Å². The van der Waals surface area contributed by atoms with Crippen LogP contribution in [-0.4, -0.2) is 31.7 Å². The van der Waals surface area contributed by atoms with E-state index in [9.17, 15) is 13.2 Å². The zero-order valence-electron chi connectivity index (χ0n) is 16.2. The average Bonchev–Trinajstić information content (AvgIpc) is 3.36. The lowest BCUT2D eigenvalue weighted by molar-refractivity contribution is -0.137. The molecule has 0 radical (unpaired) electrons. The molecule has 2 aromatic heterocycles. The fraction of sp³-hybridized carbons (Fsp3) is 0.136. The van der Waals surface area contributed by atoms with E-state index in [2.05, 4.69) is 27.1 Å².